The summed E-state index contributed by atoms with van der Waals surface area (Å²) in [6.45, 7) is 5.45. The average Bonchev–Trinajstić information content (AvgIpc) is 2.70. The molecule has 0 saturated carbocycles. The van der Waals surface area contributed by atoms with Gasteiger partial charge in [-0.2, -0.15) is 0 Å². The molecule has 0 saturated heterocycles. The summed E-state index contributed by atoms with van der Waals surface area (Å²) in [4.78, 5) is 2.33. The van der Waals surface area contributed by atoms with E-state index in [1.165, 1.54) is 22.4 Å². The zero-order valence-corrected chi connectivity index (χ0v) is 14.8. The van der Waals surface area contributed by atoms with Crippen molar-refractivity contribution in [2.45, 2.75) is 13.5 Å². The molecule has 0 unspecified atom stereocenters. The van der Waals surface area contributed by atoms with Gasteiger partial charge >= 0.3 is 0 Å². The second-order valence-electron chi connectivity index (χ2n) is 6.03. The van der Waals surface area contributed by atoms with Crippen LogP contribution >= 0.6 is 0 Å². The van der Waals surface area contributed by atoms with Gasteiger partial charge in [0.2, 0.25) is 0 Å². The molecule has 0 aromatic heterocycles. The predicted molar refractivity (Wildman–Crippen MR) is 106 cm³/mol. The van der Waals surface area contributed by atoms with Gasteiger partial charge in [-0.25, -0.2) is 0 Å². The third kappa shape index (κ3) is 4.94. The van der Waals surface area contributed by atoms with Crippen LogP contribution in [-0.4, -0.2) is 19.7 Å². The van der Waals surface area contributed by atoms with Gasteiger partial charge in [0, 0.05) is 18.8 Å². The lowest BCUT2D eigenvalue weighted by atomic mass is 10.0. The fourth-order valence-corrected chi connectivity index (χ4v) is 2.90. The Morgan fingerprint density at radius 3 is 1.96 bits per heavy atom. The summed E-state index contributed by atoms with van der Waals surface area (Å²) in [5.74, 6) is 0. The first kappa shape index (κ1) is 17.2. The van der Waals surface area contributed by atoms with Gasteiger partial charge < -0.3 is 9.64 Å². The van der Waals surface area contributed by atoms with E-state index in [1.807, 2.05) is 12.1 Å². The molecule has 3 aromatic carbocycles. The lowest BCUT2D eigenvalue weighted by molar-refractivity contribution is 0.127. The number of nitrogens with zero attached hydrogens (tertiary/aromatic N) is 1. The predicted octanol–water partition coefficient (Wildman–Crippen LogP) is 5.40. The highest BCUT2D eigenvalue weighted by Crippen LogP contribution is 2.19. The lowest BCUT2D eigenvalue weighted by Crippen LogP contribution is -2.26. The van der Waals surface area contributed by atoms with Crippen LogP contribution in [-0.2, 0) is 11.3 Å². The molecule has 0 heterocycles. The monoisotopic (exact) mass is 331 g/mol. The third-order valence-electron chi connectivity index (χ3n) is 4.34. The number of benzene rings is 3. The summed E-state index contributed by atoms with van der Waals surface area (Å²) in [7, 11) is 0. The Balaban J connectivity index is 1.47. The zero-order chi connectivity index (χ0) is 17.3. The van der Waals surface area contributed by atoms with E-state index in [4.69, 9.17) is 4.74 Å². The van der Waals surface area contributed by atoms with E-state index in [1.54, 1.807) is 0 Å². The van der Waals surface area contributed by atoms with E-state index in [0.717, 1.165) is 19.7 Å². The Kier molecular flexibility index (Phi) is 6.24. The van der Waals surface area contributed by atoms with E-state index >= 15 is 0 Å². The van der Waals surface area contributed by atoms with Crippen molar-refractivity contribution >= 4 is 5.69 Å². The fourth-order valence-electron chi connectivity index (χ4n) is 2.90. The zero-order valence-electron chi connectivity index (χ0n) is 14.8. The van der Waals surface area contributed by atoms with Gasteiger partial charge in [0.15, 0.2) is 0 Å². The third-order valence-corrected chi connectivity index (χ3v) is 4.34. The Labute approximate surface area is 150 Å². The van der Waals surface area contributed by atoms with E-state index in [0.29, 0.717) is 6.61 Å². The first-order valence-corrected chi connectivity index (χ1v) is 8.89. The minimum Gasteiger partial charge on any atom is -0.375 e. The van der Waals surface area contributed by atoms with Gasteiger partial charge in [-0.1, -0.05) is 72.8 Å². The summed E-state index contributed by atoms with van der Waals surface area (Å²) in [6, 6.07) is 29.6. The highest BCUT2D eigenvalue weighted by atomic mass is 16.5. The summed E-state index contributed by atoms with van der Waals surface area (Å²) >= 11 is 0. The first-order valence-electron chi connectivity index (χ1n) is 8.89. The van der Waals surface area contributed by atoms with Crippen LogP contribution < -0.4 is 4.90 Å². The number of hydrogen-bond donors (Lipinski definition) is 0. The summed E-state index contributed by atoms with van der Waals surface area (Å²) < 4.78 is 5.88. The number of anilines is 1. The molecule has 3 rings (SSSR count). The van der Waals surface area contributed by atoms with Crippen molar-refractivity contribution in [3.63, 3.8) is 0 Å². The van der Waals surface area contributed by atoms with Crippen molar-refractivity contribution in [2.24, 2.45) is 0 Å². The van der Waals surface area contributed by atoms with Gasteiger partial charge in [0.05, 0.1) is 13.2 Å². The maximum Gasteiger partial charge on any atom is 0.0717 e. The molecule has 0 spiro atoms. The molecule has 0 aliphatic carbocycles. The smallest absolute Gasteiger partial charge is 0.0717 e. The number of para-hydroxylation sites is 1. The standard InChI is InChI=1S/C23H25NO/c1-2-24(23-11-7-4-8-12-23)17-18-25-19-20-13-15-22(16-14-20)21-9-5-3-6-10-21/h3-16H,2,17-19H2,1H3. The number of hydrogen-bond acceptors (Lipinski definition) is 2. The largest absolute Gasteiger partial charge is 0.375 e. The Hall–Kier alpha value is -2.58. The molecule has 0 fully saturated rings. The lowest BCUT2D eigenvalue weighted by Gasteiger charge is -2.22. The van der Waals surface area contributed by atoms with Crippen LogP contribution in [0.1, 0.15) is 12.5 Å². The summed E-state index contributed by atoms with van der Waals surface area (Å²) in [5, 5.41) is 0. The first-order chi connectivity index (χ1) is 12.4. The van der Waals surface area contributed by atoms with Crippen molar-refractivity contribution in [1.29, 1.82) is 0 Å². The molecule has 128 valence electrons. The van der Waals surface area contributed by atoms with Crippen molar-refractivity contribution in [3.8, 4) is 11.1 Å². The van der Waals surface area contributed by atoms with E-state index in [2.05, 4.69) is 84.6 Å². The van der Waals surface area contributed by atoms with Crippen LogP contribution in [0.3, 0.4) is 0 Å². The van der Waals surface area contributed by atoms with Gasteiger partial charge in [-0.05, 0) is 35.7 Å². The maximum atomic E-state index is 5.88. The Morgan fingerprint density at radius 1 is 0.720 bits per heavy atom. The van der Waals surface area contributed by atoms with Gasteiger partial charge in [-0.3, -0.25) is 0 Å². The SMILES string of the molecule is CCN(CCOCc1ccc(-c2ccccc2)cc1)c1ccccc1. The van der Waals surface area contributed by atoms with E-state index in [9.17, 15) is 0 Å². The fraction of sp³-hybridized carbons (Fsp3) is 0.217. The molecular weight excluding hydrogens is 306 g/mol. The molecule has 2 nitrogen and oxygen atoms in total. The van der Waals surface area contributed by atoms with Crippen molar-refractivity contribution in [2.75, 3.05) is 24.6 Å². The van der Waals surface area contributed by atoms with Crippen LogP contribution in [0.15, 0.2) is 84.9 Å². The molecule has 0 atom stereocenters. The molecular formula is C23H25NO. The van der Waals surface area contributed by atoms with Crippen molar-refractivity contribution < 1.29 is 4.74 Å². The van der Waals surface area contributed by atoms with E-state index in [-0.39, 0.29) is 0 Å². The quantitative estimate of drug-likeness (QED) is 0.513. The molecule has 3 aromatic rings. The second-order valence-corrected chi connectivity index (χ2v) is 6.03. The molecule has 0 N–H and O–H groups in total. The van der Waals surface area contributed by atoms with Crippen LogP contribution in [0, 0.1) is 0 Å². The topological polar surface area (TPSA) is 12.5 Å². The van der Waals surface area contributed by atoms with Crippen LogP contribution in [0.4, 0.5) is 5.69 Å². The molecule has 0 aliphatic rings. The van der Waals surface area contributed by atoms with Gasteiger partial charge in [0.1, 0.15) is 0 Å². The number of rotatable bonds is 8. The highest BCUT2D eigenvalue weighted by molar-refractivity contribution is 5.63. The minimum atomic E-state index is 0.654. The summed E-state index contributed by atoms with van der Waals surface area (Å²) in [6.07, 6.45) is 0. The molecule has 0 bridgehead atoms. The normalized spacial score (nSPS) is 10.6. The van der Waals surface area contributed by atoms with Gasteiger partial charge in [0.25, 0.3) is 0 Å². The van der Waals surface area contributed by atoms with E-state index < -0.39 is 0 Å². The molecule has 0 radical (unpaired) electrons. The Morgan fingerprint density at radius 2 is 1.32 bits per heavy atom. The second kappa shape index (κ2) is 9.05. The molecule has 2 heteroatoms. The van der Waals surface area contributed by atoms with Crippen molar-refractivity contribution in [3.05, 3.63) is 90.5 Å². The number of likely N-dealkylation sites (N-methyl/N-ethyl adjacent to an activating group) is 1. The summed E-state index contributed by atoms with van der Waals surface area (Å²) in [5.41, 5.74) is 4.95. The minimum absolute atomic E-state index is 0.654. The van der Waals surface area contributed by atoms with Crippen LogP contribution in [0.25, 0.3) is 11.1 Å². The molecule has 25 heavy (non-hydrogen) atoms. The van der Waals surface area contributed by atoms with Crippen molar-refractivity contribution in [1.82, 2.24) is 0 Å². The maximum absolute atomic E-state index is 5.88. The van der Waals surface area contributed by atoms with Gasteiger partial charge in [-0.15, -0.1) is 0 Å². The highest BCUT2D eigenvalue weighted by Gasteiger charge is 2.03. The molecule has 0 aliphatic heterocycles. The Bertz CT molecular complexity index is 738. The van der Waals surface area contributed by atoms with Crippen LogP contribution in [0.2, 0.25) is 0 Å². The average molecular weight is 331 g/mol. The van der Waals surface area contributed by atoms with Crippen LogP contribution in [0.5, 0.6) is 0 Å². The number of ether oxygens (including phenoxy) is 1. The molecule has 0 amide bonds.